The van der Waals surface area contributed by atoms with Crippen LogP contribution in [0.2, 0.25) is 0 Å². The van der Waals surface area contributed by atoms with Crippen LogP contribution in [0.4, 0.5) is 0 Å². The molecule has 1 heterocycles. The standard InChI is InChI=1S/C17H23NO4/c1-3-12(2)22-11-16(19)18-9-14(15(10-18)17(20)21)13-7-5-4-6-8-13/h4-8,12,14-15H,3,9-11H2,1-2H3,(H,20,21)/t12?,14-,15-/m0/s1. The van der Waals surface area contributed by atoms with Gasteiger partial charge in [-0.2, -0.15) is 0 Å². The summed E-state index contributed by atoms with van der Waals surface area (Å²) in [7, 11) is 0. The number of carboxylic acid groups (broad SMARTS) is 1. The van der Waals surface area contributed by atoms with E-state index in [0.29, 0.717) is 6.54 Å². The van der Waals surface area contributed by atoms with E-state index < -0.39 is 11.9 Å². The highest BCUT2D eigenvalue weighted by atomic mass is 16.5. The molecule has 0 aromatic heterocycles. The first-order chi connectivity index (χ1) is 10.5. The second kappa shape index (κ2) is 7.40. The molecule has 2 rings (SSSR count). The van der Waals surface area contributed by atoms with Crippen molar-refractivity contribution in [1.82, 2.24) is 4.90 Å². The molecule has 1 aliphatic rings. The van der Waals surface area contributed by atoms with Gasteiger partial charge < -0.3 is 14.7 Å². The Balaban J connectivity index is 2.04. The second-order valence-corrected chi connectivity index (χ2v) is 5.79. The summed E-state index contributed by atoms with van der Waals surface area (Å²) < 4.78 is 5.46. The highest BCUT2D eigenvalue weighted by Gasteiger charge is 2.40. The molecule has 120 valence electrons. The molecule has 22 heavy (non-hydrogen) atoms. The summed E-state index contributed by atoms with van der Waals surface area (Å²) in [4.78, 5) is 25.3. The Bertz CT molecular complexity index is 517. The number of benzene rings is 1. The van der Waals surface area contributed by atoms with E-state index in [1.54, 1.807) is 4.90 Å². The molecule has 1 aromatic rings. The number of amides is 1. The van der Waals surface area contributed by atoms with Gasteiger partial charge in [-0.25, -0.2) is 0 Å². The first kappa shape index (κ1) is 16.5. The third kappa shape index (κ3) is 3.85. The zero-order valence-electron chi connectivity index (χ0n) is 13.1. The highest BCUT2D eigenvalue weighted by Crippen LogP contribution is 2.32. The third-order valence-electron chi connectivity index (χ3n) is 4.28. The maximum Gasteiger partial charge on any atom is 0.308 e. The van der Waals surface area contributed by atoms with Crippen molar-refractivity contribution in [2.75, 3.05) is 19.7 Å². The molecule has 1 amide bonds. The van der Waals surface area contributed by atoms with Crippen molar-refractivity contribution in [3.05, 3.63) is 35.9 Å². The van der Waals surface area contributed by atoms with Crippen LogP contribution in [-0.2, 0) is 14.3 Å². The van der Waals surface area contributed by atoms with Crippen LogP contribution >= 0.6 is 0 Å². The van der Waals surface area contributed by atoms with E-state index in [1.165, 1.54) is 0 Å². The zero-order valence-corrected chi connectivity index (χ0v) is 13.1. The van der Waals surface area contributed by atoms with Gasteiger partial charge in [0.05, 0.1) is 12.0 Å². The molecule has 1 N–H and O–H groups in total. The van der Waals surface area contributed by atoms with E-state index in [9.17, 15) is 14.7 Å². The third-order valence-corrected chi connectivity index (χ3v) is 4.28. The fourth-order valence-corrected chi connectivity index (χ4v) is 2.72. The predicted molar refractivity (Wildman–Crippen MR) is 82.6 cm³/mol. The van der Waals surface area contributed by atoms with E-state index >= 15 is 0 Å². The lowest BCUT2D eigenvalue weighted by Gasteiger charge is -2.18. The molecule has 5 heteroatoms. The van der Waals surface area contributed by atoms with Crippen molar-refractivity contribution in [1.29, 1.82) is 0 Å². The number of carboxylic acids is 1. The van der Waals surface area contributed by atoms with Crippen molar-refractivity contribution >= 4 is 11.9 Å². The molecule has 1 aromatic carbocycles. The van der Waals surface area contributed by atoms with Gasteiger partial charge in [0.1, 0.15) is 6.61 Å². The van der Waals surface area contributed by atoms with Crippen LogP contribution in [0.1, 0.15) is 31.7 Å². The van der Waals surface area contributed by atoms with Crippen LogP contribution in [0.5, 0.6) is 0 Å². The molecule has 0 saturated carbocycles. The van der Waals surface area contributed by atoms with Crippen LogP contribution in [0.3, 0.4) is 0 Å². The Morgan fingerprint density at radius 1 is 1.32 bits per heavy atom. The highest BCUT2D eigenvalue weighted by molar-refractivity contribution is 5.80. The van der Waals surface area contributed by atoms with Gasteiger partial charge in [0.15, 0.2) is 0 Å². The Hall–Kier alpha value is -1.88. The number of rotatable bonds is 6. The van der Waals surface area contributed by atoms with Crippen molar-refractivity contribution < 1.29 is 19.4 Å². The fourth-order valence-electron chi connectivity index (χ4n) is 2.72. The Morgan fingerprint density at radius 3 is 2.59 bits per heavy atom. The minimum Gasteiger partial charge on any atom is -0.481 e. The summed E-state index contributed by atoms with van der Waals surface area (Å²) in [5, 5.41) is 9.43. The average Bonchev–Trinajstić information content (AvgIpc) is 2.98. The van der Waals surface area contributed by atoms with Crippen LogP contribution in [0.15, 0.2) is 30.3 Å². The summed E-state index contributed by atoms with van der Waals surface area (Å²) >= 11 is 0. The number of nitrogens with zero attached hydrogens (tertiary/aromatic N) is 1. The van der Waals surface area contributed by atoms with E-state index in [-0.39, 0.29) is 31.1 Å². The average molecular weight is 305 g/mol. The topological polar surface area (TPSA) is 66.8 Å². The van der Waals surface area contributed by atoms with Gasteiger partial charge in [0.2, 0.25) is 5.91 Å². The van der Waals surface area contributed by atoms with Crippen molar-refractivity contribution in [3.8, 4) is 0 Å². The first-order valence-electron chi connectivity index (χ1n) is 7.70. The Morgan fingerprint density at radius 2 is 2.00 bits per heavy atom. The Kier molecular flexibility index (Phi) is 5.55. The SMILES string of the molecule is CCC(C)OCC(=O)N1C[C@H](C(=O)O)[C@H](c2ccccc2)C1. The number of likely N-dealkylation sites (tertiary alicyclic amines) is 1. The summed E-state index contributed by atoms with van der Waals surface area (Å²) in [6, 6.07) is 9.53. The Labute approximate surface area is 130 Å². The van der Waals surface area contributed by atoms with Crippen LogP contribution in [0.25, 0.3) is 0 Å². The van der Waals surface area contributed by atoms with Gasteiger partial charge >= 0.3 is 5.97 Å². The largest absolute Gasteiger partial charge is 0.481 e. The zero-order chi connectivity index (χ0) is 16.1. The molecule has 3 atom stereocenters. The minimum absolute atomic E-state index is 0.0167. The molecular weight excluding hydrogens is 282 g/mol. The van der Waals surface area contributed by atoms with Crippen molar-refractivity contribution in [3.63, 3.8) is 0 Å². The van der Waals surface area contributed by atoms with Crippen LogP contribution in [0, 0.1) is 5.92 Å². The maximum absolute atomic E-state index is 12.2. The number of hydrogen-bond donors (Lipinski definition) is 1. The van der Waals surface area contributed by atoms with E-state index in [0.717, 1.165) is 12.0 Å². The molecule has 5 nitrogen and oxygen atoms in total. The van der Waals surface area contributed by atoms with E-state index in [2.05, 4.69) is 0 Å². The van der Waals surface area contributed by atoms with Gasteiger partial charge in [-0.3, -0.25) is 9.59 Å². The minimum atomic E-state index is -0.855. The van der Waals surface area contributed by atoms with Gasteiger partial charge in [0, 0.05) is 19.0 Å². The summed E-state index contributed by atoms with van der Waals surface area (Å²) in [5.74, 6) is -1.71. The number of ether oxygens (including phenoxy) is 1. The van der Waals surface area contributed by atoms with Gasteiger partial charge in [0.25, 0.3) is 0 Å². The molecular formula is C17H23NO4. The predicted octanol–water partition coefficient (Wildman–Crippen LogP) is 2.13. The van der Waals surface area contributed by atoms with Gasteiger partial charge in [-0.05, 0) is 18.9 Å². The number of carbonyl (C=O) groups excluding carboxylic acids is 1. The summed E-state index contributed by atoms with van der Waals surface area (Å²) in [5.41, 5.74) is 0.966. The van der Waals surface area contributed by atoms with Gasteiger partial charge in [-0.15, -0.1) is 0 Å². The lowest BCUT2D eigenvalue weighted by molar-refractivity contribution is -0.142. The lowest BCUT2D eigenvalue weighted by Crippen LogP contribution is -2.33. The lowest BCUT2D eigenvalue weighted by atomic mass is 9.89. The monoisotopic (exact) mass is 305 g/mol. The molecule has 0 radical (unpaired) electrons. The molecule has 0 bridgehead atoms. The smallest absolute Gasteiger partial charge is 0.308 e. The quantitative estimate of drug-likeness (QED) is 0.874. The van der Waals surface area contributed by atoms with E-state index in [1.807, 2.05) is 44.2 Å². The normalized spacial score (nSPS) is 22.5. The number of aliphatic carboxylic acids is 1. The molecule has 0 spiro atoms. The second-order valence-electron chi connectivity index (χ2n) is 5.79. The van der Waals surface area contributed by atoms with Crippen LogP contribution in [-0.4, -0.2) is 47.7 Å². The van der Waals surface area contributed by atoms with Crippen LogP contribution < -0.4 is 0 Å². The van der Waals surface area contributed by atoms with Crippen molar-refractivity contribution in [2.24, 2.45) is 5.92 Å². The number of hydrogen-bond acceptors (Lipinski definition) is 3. The first-order valence-corrected chi connectivity index (χ1v) is 7.70. The summed E-state index contributed by atoms with van der Waals surface area (Å²) in [6.45, 7) is 4.62. The molecule has 1 fully saturated rings. The van der Waals surface area contributed by atoms with Crippen molar-refractivity contribution in [2.45, 2.75) is 32.3 Å². The molecule has 1 saturated heterocycles. The number of carbonyl (C=O) groups is 2. The van der Waals surface area contributed by atoms with Gasteiger partial charge in [-0.1, -0.05) is 37.3 Å². The fraction of sp³-hybridized carbons (Fsp3) is 0.529. The molecule has 1 unspecified atom stereocenters. The molecule has 0 aliphatic carbocycles. The molecule has 1 aliphatic heterocycles. The summed E-state index contributed by atoms with van der Waals surface area (Å²) in [6.07, 6.45) is 0.879. The van der Waals surface area contributed by atoms with E-state index in [4.69, 9.17) is 4.74 Å². The maximum atomic E-state index is 12.2.